The van der Waals surface area contributed by atoms with E-state index in [0.717, 1.165) is 0 Å². The van der Waals surface area contributed by atoms with Crippen molar-refractivity contribution in [3.63, 3.8) is 0 Å². The van der Waals surface area contributed by atoms with Gasteiger partial charge in [-0.25, -0.2) is 4.79 Å². The monoisotopic (exact) mass is 160 g/mol. The molecule has 0 atom stereocenters. The van der Waals surface area contributed by atoms with E-state index < -0.39 is 5.97 Å². The molecule has 0 unspecified atom stereocenters. The van der Waals surface area contributed by atoms with Gasteiger partial charge in [0.25, 0.3) is 0 Å². The standard InChI is InChI=1S/C7H12O4/c1-3-10-4-5-11-6(2)7(8)9/h2-5H2,1H3,(H,8,9). The second kappa shape index (κ2) is 5.73. The Kier molecular flexibility index (Phi) is 5.20. The van der Waals surface area contributed by atoms with Gasteiger partial charge in [0, 0.05) is 6.61 Å². The number of ether oxygens (including phenoxy) is 2. The molecule has 0 aliphatic carbocycles. The highest BCUT2D eigenvalue weighted by Gasteiger charge is 2.02. The molecule has 0 bridgehead atoms. The molecule has 0 amide bonds. The van der Waals surface area contributed by atoms with Crippen molar-refractivity contribution in [2.45, 2.75) is 6.92 Å². The third-order valence-electron chi connectivity index (χ3n) is 0.947. The fraction of sp³-hybridized carbons (Fsp3) is 0.571. The smallest absolute Gasteiger partial charge is 0.370 e. The molecule has 0 aliphatic heterocycles. The molecule has 4 nitrogen and oxygen atoms in total. The number of hydrogen-bond acceptors (Lipinski definition) is 3. The quantitative estimate of drug-likeness (QED) is 0.352. The lowest BCUT2D eigenvalue weighted by Gasteiger charge is -2.03. The molecule has 0 aliphatic rings. The first-order chi connectivity index (χ1) is 5.18. The molecule has 11 heavy (non-hydrogen) atoms. The summed E-state index contributed by atoms with van der Waals surface area (Å²) >= 11 is 0. The summed E-state index contributed by atoms with van der Waals surface area (Å²) in [6.45, 7) is 6.25. The van der Waals surface area contributed by atoms with Gasteiger partial charge in [0.1, 0.15) is 6.61 Å². The molecule has 0 rings (SSSR count). The second-order valence-corrected chi connectivity index (χ2v) is 1.77. The van der Waals surface area contributed by atoms with Gasteiger partial charge in [0.05, 0.1) is 6.61 Å². The van der Waals surface area contributed by atoms with Crippen LogP contribution in [0.25, 0.3) is 0 Å². The largest absolute Gasteiger partial charge is 0.485 e. The maximum absolute atomic E-state index is 10.1. The van der Waals surface area contributed by atoms with Crippen LogP contribution in [0.4, 0.5) is 0 Å². The average Bonchev–Trinajstić information content (AvgIpc) is 1.97. The van der Waals surface area contributed by atoms with Crippen molar-refractivity contribution in [3.8, 4) is 0 Å². The zero-order valence-corrected chi connectivity index (χ0v) is 6.50. The van der Waals surface area contributed by atoms with E-state index in [0.29, 0.717) is 13.2 Å². The molecule has 0 aromatic carbocycles. The maximum atomic E-state index is 10.1. The molecule has 1 N–H and O–H groups in total. The molecule has 0 fully saturated rings. The third-order valence-corrected chi connectivity index (χ3v) is 0.947. The second-order valence-electron chi connectivity index (χ2n) is 1.77. The molecule has 0 radical (unpaired) electrons. The molecule has 0 aromatic rings. The number of rotatable bonds is 6. The highest BCUT2D eigenvalue weighted by molar-refractivity contribution is 5.83. The highest BCUT2D eigenvalue weighted by Crippen LogP contribution is 1.91. The summed E-state index contributed by atoms with van der Waals surface area (Å²) in [5.74, 6) is -1.38. The summed E-state index contributed by atoms with van der Waals surface area (Å²) < 4.78 is 9.59. The van der Waals surface area contributed by atoms with Crippen LogP contribution in [0.15, 0.2) is 12.3 Å². The van der Waals surface area contributed by atoms with Crippen molar-refractivity contribution in [2.75, 3.05) is 19.8 Å². The van der Waals surface area contributed by atoms with E-state index in [1.54, 1.807) is 0 Å². The number of carboxylic acids is 1. The lowest BCUT2D eigenvalue weighted by molar-refractivity contribution is -0.136. The van der Waals surface area contributed by atoms with E-state index in [1.807, 2.05) is 6.92 Å². The Balaban J connectivity index is 3.25. The average molecular weight is 160 g/mol. The normalized spacial score (nSPS) is 9.18. The van der Waals surface area contributed by atoms with Crippen LogP contribution in [0.1, 0.15) is 6.92 Å². The summed E-state index contributed by atoms with van der Waals surface area (Å²) in [5, 5.41) is 8.27. The Bertz CT molecular complexity index is 141. The minimum absolute atomic E-state index is 0.235. The van der Waals surface area contributed by atoms with Crippen LogP contribution in [0.2, 0.25) is 0 Å². The van der Waals surface area contributed by atoms with Crippen molar-refractivity contribution in [1.82, 2.24) is 0 Å². The summed E-state index contributed by atoms with van der Waals surface area (Å²) in [6.07, 6.45) is 0. The van der Waals surface area contributed by atoms with Crippen molar-refractivity contribution in [1.29, 1.82) is 0 Å². The first kappa shape index (κ1) is 9.97. The topological polar surface area (TPSA) is 55.8 Å². The van der Waals surface area contributed by atoms with E-state index in [-0.39, 0.29) is 12.4 Å². The molecule has 64 valence electrons. The number of aliphatic carboxylic acids is 1. The fourth-order valence-corrected chi connectivity index (χ4v) is 0.430. The Hall–Kier alpha value is -1.03. The van der Waals surface area contributed by atoms with Gasteiger partial charge in [0.15, 0.2) is 5.76 Å². The Morgan fingerprint density at radius 3 is 2.64 bits per heavy atom. The van der Waals surface area contributed by atoms with Crippen molar-refractivity contribution >= 4 is 5.97 Å². The van der Waals surface area contributed by atoms with Gasteiger partial charge >= 0.3 is 5.97 Å². The molecule has 0 heterocycles. The molecular weight excluding hydrogens is 148 g/mol. The first-order valence-electron chi connectivity index (χ1n) is 3.31. The van der Waals surface area contributed by atoms with E-state index in [2.05, 4.69) is 11.3 Å². The number of hydrogen-bond donors (Lipinski definition) is 1. The minimum Gasteiger partial charge on any atom is -0.485 e. The van der Waals surface area contributed by atoms with Crippen LogP contribution in [-0.2, 0) is 14.3 Å². The van der Waals surface area contributed by atoms with Gasteiger partial charge in [-0.2, -0.15) is 0 Å². The van der Waals surface area contributed by atoms with E-state index in [9.17, 15) is 4.79 Å². The van der Waals surface area contributed by atoms with Crippen LogP contribution >= 0.6 is 0 Å². The number of carbonyl (C=O) groups is 1. The first-order valence-corrected chi connectivity index (χ1v) is 3.31. The predicted octanol–water partition coefficient (Wildman–Crippen LogP) is 0.638. The molecule has 0 aromatic heterocycles. The maximum Gasteiger partial charge on any atom is 0.370 e. The Morgan fingerprint density at radius 1 is 1.55 bits per heavy atom. The van der Waals surface area contributed by atoms with Gasteiger partial charge in [-0.15, -0.1) is 0 Å². The summed E-state index contributed by atoms with van der Waals surface area (Å²) in [5.41, 5.74) is 0. The number of carboxylic acid groups (broad SMARTS) is 1. The van der Waals surface area contributed by atoms with Crippen LogP contribution in [0, 0.1) is 0 Å². The fourth-order valence-electron chi connectivity index (χ4n) is 0.430. The van der Waals surface area contributed by atoms with Gasteiger partial charge in [-0.3, -0.25) is 0 Å². The lowest BCUT2D eigenvalue weighted by Crippen LogP contribution is -2.08. The lowest BCUT2D eigenvalue weighted by atomic mass is 10.6. The van der Waals surface area contributed by atoms with E-state index in [1.165, 1.54) is 0 Å². The summed E-state index contributed by atoms with van der Waals surface area (Å²) in [6, 6.07) is 0. The molecule has 0 spiro atoms. The van der Waals surface area contributed by atoms with Gasteiger partial charge < -0.3 is 14.6 Å². The highest BCUT2D eigenvalue weighted by atomic mass is 16.5. The van der Waals surface area contributed by atoms with Gasteiger partial charge in [-0.1, -0.05) is 0 Å². The molecular formula is C7H12O4. The third kappa shape index (κ3) is 5.42. The van der Waals surface area contributed by atoms with Crippen LogP contribution in [0.5, 0.6) is 0 Å². The summed E-state index contributed by atoms with van der Waals surface area (Å²) in [7, 11) is 0. The van der Waals surface area contributed by atoms with Crippen LogP contribution < -0.4 is 0 Å². The predicted molar refractivity (Wildman–Crippen MR) is 39.2 cm³/mol. The van der Waals surface area contributed by atoms with Crippen LogP contribution in [-0.4, -0.2) is 30.9 Å². The zero-order chi connectivity index (χ0) is 8.69. The summed E-state index contributed by atoms with van der Waals surface area (Å²) in [4.78, 5) is 10.1. The van der Waals surface area contributed by atoms with E-state index >= 15 is 0 Å². The Morgan fingerprint density at radius 2 is 2.18 bits per heavy atom. The van der Waals surface area contributed by atoms with Crippen molar-refractivity contribution in [3.05, 3.63) is 12.3 Å². The molecule has 0 saturated heterocycles. The minimum atomic E-state index is -1.14. The van der Waals surface area contributed by atoms with Gasteiger partial charge in [0.2, 0.25) is 0 Å². The van der Waals surface area contributed by atoms with Crippen molar-refractivity contribution < 1.29 is 19.4 Å². The Labute approximate surface area is 65.4 Å². The SMILES string of the molecule is C=C(OCCOCC)C(=O)O. The van der Waals surface area contributed by atoms with E-state index in [4.69, 9.17) is 9.84 Å². The molecule has 4 heteroatoms. The molecule has 0 saturated carbocycles. The van der Waals surface area contributed by atoms with Gasteiger partial charge in [-0.05, 0) is 13.5 Å². The zero-order valence-electron chi connectivity index (χ0n) is 6.50. The van der Waals surface area contributed by atoms with Crippen molar-refractivity contribution in [2.24, 2.45) is 0 Å². The van der Waals surface area contributed by atoms with Crippen LogP contribution in [0.3, 0.4) is 0 Å².